The number of anilines is 2. The van der Waals surface area contributed by atoms with Crippen molar-refractivity contribution in [2.24, 2.45) is 0 Å². The van der Waals surface area contributed by atoms with Crippen LogP contribution in [-0.4, -0.2) is 69.0 Å². The largest absolute Gasteiger partial charge is 0.368 e. The molecule has 2 aromatic heterocycles. The van der Waals surface area contributed by atoms with Gasteiger partial charge in [0.1, 0.15) is 11.5 Å². The zero-order valence-corrected chi connectivity index (χ0v) is 17.9. The minimum absolute atomic E-state index is 0.198. The van der Waals surface area contributed by atoms with E-state index in [0.29, 0.717) is 24.6 Å². The number of hydrogen-bond acceptors (Lipinski definition) is 7. The normalized spacial score (nSPS) is 15.1. The van der Waals surface area contributed by atoms with Crippen LogP contribution in [0.5, 0.6) is 0 Å². The number of carbonyl (C=O) groups is 1. The molecule has 0 unspecified atom stereocenters. The minimum Gasteiger partial charge on any atom is -0.368 e. The highest BCUT2D eigenvalue weighted by Gasteiger charge is 2.18. The molecule has 1 saturated heterocycles. The van der Waals surface area contributed by atoms with Crippen LogP contribution in [0.25, 0.3) is 0 Å². The third-order valence-corrected chi connectivity index (χ3v) is 5.90. The van der Waals surface area contributed by atoms with Crippen LogP contribution in [-0.2, 0) is 16.8 Å². The topological polar surface area (TPSA) is 120 Å². The van der Waals surface area contributed by atoms with Crippen LogP contribution < -0.4 is 19.7 Å². The van der Waals surface area contributed by atoms with Crippen LogP contribution in [0.15, 0.2) is 36.7 Å². The van der Waals surface area contributed by atoms with Crippen LogP contribution in [0.1, 0.15) is 23.0 Å². The molecule has 0 bridgehead atoms. The zero-order chi connectivity index (χ0) is 21.6. The van der Waals surface area contributed by atoms with Gasteiger partial charge in [0, 0.05) is 52.5 Å². The van der Waals surface area contributed by atoms with Crippen LogP contribution in [0, 0.1) is 0 Å². The molecule has 0 spiro atoms. The Morgan fingerprint density at radius 2 is 1.90 bits per heavy atom. The lowest BCUT2D eigenvalue weighted by atomic mass is 10.2. The number of aromatic nitrogens is 2. The van der Waals surface area contributed by atoms with Gasteiger partial charge in [0.25, 0.3) is 16.1 Å². The number of amides is 1. The maximum Gasteiger partial charge on any atom is 0.300 e. The molecule has 3 rings (SSSR count). The van der Waals surface area contributed by atoms with Crippen molar-refractivity contribution in [2.45, 2.75) is 13.5 Å². The summed E-state index contributed by atoms with van der Waals surface area (Å²) in [4.78, 5) is 24.5. The monoisotopic (exact) mass is 433 g/mol. The van der Waals surface area contributed by atoms with E-state index in [1.165, 1.54) is 0 Å². The smallest absolute Gasteiger partial charge is 0.300 e. The van der Waals surface area contributed by atoms with Crippen molar-refractivity contribution >= 4 is 27.6 Å². The van der Waals surface area contributed by atoms with Crippen molar-refractivity contribution in [1.29, 1.82) is 0 Å². The third-order valence-electron chi connectivity index (χ3n) is 4.75. The number of pyridine rings is 2. The van der Waals surface area contributed by atoms with Crippen LogP contribution >= 0.6 is 0 Å². The Labute approximate surface area is 176 Å². The number of hydrogen-bond donors (Lipinski definition) is 3. The molecule has 3 heterocycles. The van der Waals surface area contributed by atoms with Crippen molar-refractivity contribution in [2.75, 3.05) is 49.4 Å². The van der Waals surface area contributed by atoms with Gasteiger partial charge in [0.05, 0.1) is 11.9 Å². The molecular formula is C19H27N7O3S. The fourth-order valence-electron chi connectivity index (χ4n) is 3.25. The minimum atomic E-state index is -3.60. The summed E-state index contributed by atoms with van der Waals surface area (Å²) in [6.07, 6.45) is 3.33. The predicted molar refractivity (Wildman–Crippen MR) is 116 cm³/mol. The average molecular weight is 434 g/mol. The van der Waals surface area contributed by atoms with E-state index in [9.17, 15) is 13.2 Å². The number of rotatable bonds is 8. The van der Waals surface area contributed by atoms with E-state index in [1.54, 1.807) is 38.5 Å². The molecule has 1 fully saturated rings. The molecule has 2 aromatic rings. The zero-order valence-electron chi connectivity index (χ0n) is 17.1. The van der Waals surface area contributed by atoms with Gasteiger partial charge >= 0.3 is 0 Å². The first-order chi connectivity index (χ1) is 14.4. The lowest BCUT2D eigenvalue weighted by Gasteiger charge is -2.36. The summed E-state index contributed by atoms with van der Waals surface area (Å²) in [7, 11) is -2.01. The van der Waals surface area contributed by atoms with Gasteiger partial charge in [-0.15, -0.1) is 0 Å². The molecule has 1 aliphatic heterocycles. The van der Waals surface area contributed by atoms with Crippen molar-refractivity contribution in [1.82, 2.24) is 24.9 Å². The Bertz CT molecular complexity index is 958. The quantitative estimate of drug-likeness (QED) is 0.552. The molecule has 0 aliphatic carbocycles. The Morgan fingerprint density at radius 1 is 1.13 bits per heavy atom. The molecule has 0 aromatic carbocycles. The molecule has 1 amide bonds. The summed E-state index contributed by atoms with van der Waals surface area (Å²) in [5.74, 6) is 0.102. The molecule has 11 heteroatoms. The first-order valence-electron chi connectivity index (χ1n) is 9.78. The van der Waals surface area contributed by atoms with Crippen molar-refractivity contribution in [3.05, 3.63) is 47.9 Å². The highest BCUT2D eigenvalue weighted by molar-refractivity contribution is 7.90. The van der Waals surface area contributed by atoms with Crippen LogP contribution in [0.2, 0.25) is 0 Å². The van der Waals surface area contributed by atoms with E-state index >= 15 is 0 Å². The summed E-state index contributed by atoms with van der Waals surface area (Å²) in [6, 6.07) is 7.29. The third kappa shape index (κ3) is 5.88. The Balaban J connectivity index is 1.55. The van der Waals surface area contributed by atoms with Gasteiger partial charge in [-0.05, 0) is 29.8 Å². The number of carbonyl (C=O) groups excluding carboxylic acids is 1. The predicted octanol–water partition coefficient (Wildman–Crippen LogP) is 0.425. The van der Waals surface area contributed by atoms with Gasteiger partial charge in [-0.3, -0.25) is 14.4 Å². The van der Waals surface area contributed by atoms with Crippen molar-refractivity contribution in [3.63, 3.8) is 0 Å². The fourth-order valence-corrected chi connectivity index (χ4v) is 4.09. The summed E-state index contributed by atoms with van der Waals surface area (Å²) in [5.41, 5.74) is 2.38. The van der Waals surface area contributed by atoms with E-state index in [0.717, 1.165) is 37.4 Å². The van der Waals surface area contributed by atoms with Crippen LogP contribution in [0.3, 0.4) is 0 Å². The van der Waals surface area contributed by atoms with Crippen molar-refractivity contribution < 1.29 is 13.2 Å². The summed E-state index contributed by atoms with van der Waals surface area (Å²) >= 11 is 0. The number of nitrogens with zero attached hydrogens (tertiary/aromatic N) is 4. The molecular weight excluding hydrogens is 406 g/mol. The van der Waals surface area contributed by atoms with E-state index in [4.69, 9.17) is 0 Å². The summed E-state index contributed by atoms with van der Waals surface area (Å²) < 4.78 is 28.5. The average Bonchev–Trinajstić information content (AvgIpc) is 2.74. The second kappa shape index (κ2) is 9.83. The summed E-state index contributed by atoms with van der Waals surface area (Å²) in [6.45, 7) is 6.13. The first-order valence-corrected chi connectivity index (χ1v) is 11.3. The van der Waals surface area contributed by atoms with Gasteiger partial charge in [-0.25, -0.2) is 9.97 Å². The molecule has 3 N–H and O–H groups in total. The van der Waals surface area contributed by atoms with Gasteiger partial charge < -0.3 is 10.2 Å². The molecule has 1 aliphatic rings. The van der Waals surface area contributed by atoms with Gasteiger partial charge in [0.2, 0.25) is 0 Å². The number of nitrogens with one attached hydrogen (secondary N) is 3. The van der Waals surface area contributed by atoms with Crippen molar-refractivity contribution in [3.8, 4) is 0 Å². The lowest BCUT2D eigenvalue weighted by Crippen LogP contribution is -2.46. The molecule has 162 valence electrons. The molecule has 30 heavy (non-hydrogen) atoms. The molecule has 0 saturated carbocycles. The second-order valence-electron chi connectivity index (χ2n) is 6.90. The van der Waals surface area contributed by atoms with Gasteiger partial charge in [-0.2, -0.15) is 13.1 Å². The summed E-state index contributed by atoms with van der Waals surface area (Å²) in [5, 5.41) is 2.56. The second-order valence-corrected chi connectivity index (χ2v) is 8.40. The standard InChI is InChI=1S/C19H27N7O3S/c1-3-23-30(28,29)24-18-12-15(6-7-21-18)14-25-8-10-26(11-9-25)16-4-5-17(22-13-16)19(27)20-2/h4-7,12-13,23H,3,8-11,14H2,1-2H3,(H,20,27)(H,21,24). The van der Waals surface area contributed by atoms with Gasteiger partial charge in [0.15, 0.2) is 0 Å². The maximum absolute atomic E-state index is 11.8. The molecule has 0 radical (unpaired) electrons. The Hall–Kier alpha value is -2.76. The number of piperazine rings is 1. The van der Waals surface area contributed by atoms with Gasteiger partial charge in [-0.1, -0.05) is 6.92 Å². The molecule has 0 atom stereocenters. The van der Waals surface area contributed by atoms with E-state index in [-0.39, 0.29) is 5.91 Å². The Kier molecular flexibility index (Phi) is 7.19. The van der Waals surface area contributed by atoms with E-state index in [1.807, 2.05) is 12.1 Å². The highest BCUT2D eigenvalue weighted by atomic mass is 32.2. The van der Waals surface area contributed by atoms with E-state index in [2.05, 4.69) is 34.5 Å². The fraction of sp³-hybridized carbons (Fsp3) is 0.421. The lowest BCUT2D eigenvalue weighted by molar-refractivity contribution is 0.0958. The highest BCUT2D eigenvalue weighted by Crippen LogP contribution is 2.17. The van der Waals surface area contributed by atoms with Crippen LogP contribution in [0.4, 0.5) is 11.5 Å². The first kappa shape index (κ1) is 21.9. The molecule has 10 nitrogen and oxygen atoms in total. The maximum atomic E-state index is 11.8. The Morgan fingerprint density at radius 3 is 2.53 bits per heavy atom. The van der Waals surface area contributed by atoms with E-state index < -0.39 is 10.2 Å². The SMILES string of the molecule is CCNS(=O)(=O)Nc1cc(CN2CCN(c3ccc(C(=O)NC)nc3)CC2)ccn1.